The second-order valence-corrected chi connectivity index (χ2v) is 6.18. The van der Waals surface area contributed by atoms with Crippen molar-refractivity contribution in [3.63, 3.8) is 0 Å². The van der Waals surface area contributed by atoms with Crippen LogP contribution in [-0.4, -0.2) is 43.5 Å². The molecular weight excluding hydrogens is 234 g/mol. The lowest BCUT2D eigenvalue weighted by Gasteiger charge is -2.14. The number of sulfonamides is 1. The molecule has 0 aromatic carbocycles. The van der Waals surface area contributed by atoms with Crippen LogP contribution < -0.4 is 4.72 Å². The lowest BCUT2D eigenvalue weighted by Crippen LogP contribution is -2.33. The summed E-state index contributed by atoms with van der Waals surface area (Å²) in [5.41, 5.74) is -0.0922. The van der Waals surface area contributed by atoms with E-state index in [1.165, 1.54) is 0 Å². The highest BCUT2D eigenvalue weighted by Crippen LogP contribution is 2.47. The van der Waals surface area contributed by atoms with Gasteiger partial charge < -0.3 is 10.2 Å². The van der Waals surface area contributed by atoms with Crippen LogP contribution in [0.5, 0.6) is 0 Å². The van der Waals surface area contributed by atoms with Gasteiger partial charge in [-0.05, 0) is 24.7 Å². The third kappa shape index (κ3) is 4.46. The maximum absolute atomic E-state index is 11.4. The second-order valence-electron chi connectivity index (χ2n) is 4.26. The lowest BCUT2D eigenvalue weighted by molar-refractivity contribution is -0.136. The van der Waals surface area contributed by atoms with E-state index in [0.717, 1.165) is 12.8 Å². The van der Waals surface area contributed by atoms with Gasteiger partial charge >= 0.3 is 5.97 Å². The average molecular weight is 251 g/mol. The number of carboxylic acids is 1. The molecule has 3 N–H and O–H groups in total. The van der Waals surface area contributed by atoms with Gasteiger partial charge in [-0.1, -0.05) is 0 Å². The van der Waals surface area contributed by atoms with Gasteiger partial charge in [0.15, 0.2) is 0 Å². The van der Waals surface area contributed by atoms with Crippen molar-refractivity contribution in [2.75, 3.05) is 18.9 Å². The minimum Gasteiger partial charge on any atom is -0.481 e. The zero-order valence-corrected chi connectivity index (χ0v) is 9.79. The molecule has 1 fully saturated rings. The van der Waals surface area contributed by atoms with Gasteiger partial charge in [-0.2, -0.15) is 0 Å². The van der Waals surface area contributed by atoms with Crippen LogP contribution in [0.25, 0.3) is 0 Å². The van der Waals surface area contributed by atoms with Crippen molar-refractivity contribution < 1.29 is 23.4 Å². The summed E-state index contributed by atoms with van der Waals surface area (Å²) in [4.78, 5) is 10.2. The first kappa shape index (κ1) is 13.4. The molecule has 0 atom stereocenters. The van der Waals surface area contributed by atoms with Gasteiger partial charge in [-0.3, -0.25) is 4.79 Å². The topological polar surface area (TPSA) is 104 Å². The highest BCUT2D eigenvalue weighted by Gasteiger charge is 2.42. The Hall–Kier alpha value is -0.660. The molecule has 1 aliphatic rings. The average Bonchev–Trinajstić information content (AvgIpc) is 2.94. The van der Waals surface area contributed by atoms with E-state index in [0.29, 0.717) is 13.0 Å². The number of aliphatic hydroxyl groups is 1. The summed E-state index contributed by atoms with van der Waals surface area (Å²) in [6, 6.07) is 0. The Labute approximate surface area is 94.7 Å². The summed E-state index contributed by atoms with van der Waals surface area (Å²) in [6.07, 6.45) is 2.03. The predicted molar refractivity (Wildman–Crippen MR) is 57.4 cm³/mol. The van der Waals surface area contributed by atoms with E-state index in [1.807, 2.05) is 0 Å². The molecular formula is C9H17NO5S. The molecule has 16 heavy (non-hydrogen) atoms. The van der Waals surface area contributed by atoms with Crippen molar-refractivity contribution in [1.82, 2.24) is 4.72 Å². The van der Waals surface area contributed by atoms with Crippen LogP contribution in [0.2, 0.25) is 0 Å². The minimum atomic E-state index is -3.50. The lowest BCUT2D eigenvalue weighted by atomic mass is 10.0. The number of aliphatic carboxylic acids is 1. The molecule has 7 heteroatoms. The Morgan fingerprint density at radius 1 is 1.38 bits per heavy atom. The normalized spacial score (nSPS) is 18.3. The van der Waals surface area contributed by atoms with Crippen molar-refractivity contribution in [2.45, 2.75) is 25.7 Å². The molecule has 0 heterocycles. The minimum absolute atomic E-state index is 0.0524. The van der Waals surface area contributed by atoms with Crippen LogP contribution in [0.1, 0.15) is 25.7 Å². The van der Waals surface area contributed by atoms with Crippen molar-refractivity contribution in [1.29, 1.82) is 0 Å². The summed E-state index contributed by atoms with van der Waals surface area (Å²) >= 11 is 0. The SMILES string of the molecule is O=C(O)CCS(=O)(=O)NCC1(CCO)CC1. The number of nitrogens with one attached hydrogen (secondary N) is 1. The van der Waals surface area contributed by atoms with E-state index in [1.54, 1.807) is 0 Å². The third-order valence-electron chi connectivity index (χ3n) is 2.85. The largest absolute Gasteiger partial charge is 0.481 e. The molecule has 0 aromatic heterocycles. The van der Waals surface area contributed by atoms with E-state index >= 15 is 0 Å². The van der Waals surface area contributed by atoms with Gasteiger partial charge in [0.25, 0.3) is 0 Å². The zero-order valence-electron chi connectivity index (χ0n) is 8.98. The molecule has 1 rings (SSSR count). The Morgan fingerprint density at radius 3 is 2.44 bits per heavy atom. The summed E-state index contributed by atoms with van der Waals surface area (Å²) in [6.45, 7) is 0.354. The molecule has 1 saturated carbocycles. The second kappa shape index (κ2) is 5.11. The zero-order chi connectivity index (χ0) is 12.2. The number of carboxylic acid groups (broad SMARTS) is 1. The molecule has 0 amide bonds. The van der Waals surface area contributed by atoms with Crippen molar-refractivity contribution in [2.24, 2.45) is 5.41 Å². The van der Waals surface area contributed by atoms with Crippen molar-refractivity contribution >= 4 is 16.0 Å². The first-order valence-electron chi connectivity index (χ1n) is 5.19. The molecule has 0 saturated heterocycles. The number of hydrogen-bond acceptors (Lipinski definition) is 4. The van der Waals surface area contributed by atoms with Gasteiger partial charge in [0, 0.05) is 13.2 Å². The standard InChI is InChI=1S/C9H17NO5S/c11-5-4-9(2-3-9)7-10-16(14,15)6-1-8(12)13/h10-11H,1-7H2,(H,12,13). The van der Waals surface area contributed by atoms with Crippen LogP contribution in [0, 0.1) is 5.41 Å². The molecule has 0 aromatic rings. The van der Waals surface area contributed by atoms with Crippen LogP contribution in [0.3, 0.4) is 0 Å². The van der Waals surface area contributed by atoms with E-state index in [-0.39, 0.29) is 18.4 Å². The smallest absolute Gasteiger partial charge is 0.304 e. The Kier molecular flexibility index (Phi) is 4.28. The first-order valence-corrected chi connectivity index (χ1v) is 6.84. The third-order valence-corrected chi connectivity index (χ3v) is 4.18. The van der Waals surface area contributed by atoms with E-state index < -0.39 is 21.7 Å². The van der Waals surface area contributed by atoms with Gasteiger partial charge in [-0.25, -0.2) is 13.1 Å². The molecule has 0 spiro atoms. The van der Waals surface area contributed by atoms with Crippen LogP contribution in [-0.2, 0) is 14.8 Å². The van der Waals surface area contributed by atoms with Crippen LogP contribution >= 0.6 is 0 Å². The molecule has 6 nitrogen and oxygen atoms in total. The van der Waals surface area contributed by atoms with Crippen molar-refractivity contribution in [3.8, 4) is 0 Å². The molecule has 0 radical (unpaired) electrons. The summed E-state index contributed by atoms with van der Waals surface area (Å²) in [7, 11) is -3.50. The monoisotopic (exact) mass is 251 g/mol. The number of carbonyl (C=O) groups is 1. The summed E-state index contributed by atoms with van der Waals surface area (Å²) in [5.74, 6) is -1.51. The highest BCUT2D eigenvalue weighted by molar-refractivity contribution is 7.89. The van der Waals surface area contributed by atoms with Gasteiger partial charge in [-0.15, -0.1) is 0 Å². The number of aliphatic hydroxyl groups excluding tert-OH is 1. The van der Waals surface area contributed by atoms with Gasteiger partial charge in [0.05, 0.1) is 12.2 Å². The fourth-order valence-electron chi connectivity index (χ4n) is 1.49. The van der Waals surface area contributed by atoms with Crippen molar-refractivity contribution in [3.05, 3.63) is 0 Å². The van der Waals surface area contributed by atoms with Crippen LogP contribution in [0.15, 0.2) is 0 Å². The van der Waals surface area contributed by atoms with E-state index in [4.69, 9.17) is 10.2 Å². The summed E-state index contributed by atoms with van der Waals surface area (Å²) < 4.78 is 25.2. The quantitative estimate of drug-likeness (QED) is 0.541. The maximum Gasteiger partial charge on any atom is 0.304 e. The first-order chi connectivity index (χ1) is 7.39. The Morgan fingerprint density at radius 2 is 2.00 bits per heavy atom. The molecule has 1 aliphatic carbocycles. The predicted octanol–water partition coefficient (Wildman–Crippen LogP) is -0.457. The fourth-order valence-corrected chi connectivity index (χ4v) is 2.60. The Bertz CT molecular complexity index is 347. The van der Waals surface area contributed by atoms with Crippen LogP contribution in [0.4, 0.5) is 0 Å². The van der Waals surface area contributed by atoms with E-state index in [2.05, 4.69) is 4.72 Å². The Balaban J connectivity index is 2.33. The molecule has 0 bridgehead atoms. The van der Waals surface area contributed by atoms with Gasteiger partial charge in [0.2, 0.25) is 10.0 Å². The molecule has 0 unspecified atom stereocenters. The molecule has 94 valence electrons. The number of hydrogen-bond donors (Lipinski definition) is 3. The van der Waals surface area contributed by atoms with Gasteiger partial charge in [0.1, 0.15) is 0 Å². The maximum atomic E-state index is 11.4. The molecule has 0 aliphatic heterocycles. The fraction of sp³-hybridized carbons (Fsp3) is 0.889. The summed E-state index contributed by atoms with van der Waals surface area (Å²) in [5, 5.41) is 17.2. The number of rotatable bonds is 8. The highest BCUT2D eigenvalue weighted by atomic mass is 32.2. The van der Waals surface area contributed by atoms with E-state index in [9.17, 15) is 13.2 Å².